The zero-order chi connectivity index (χ0) is 16.1. The lowest BCUT2D eigenvalue weighted by atomic mass is 10.2. The minimum Gasteiger partial charge on any atom is -0.310 e. The summed E-state index contributed by atoms with van der Waals surface area (Å²) in [5.74, 6) is 0.361. The molecule has 2 heterocycles. The summed E-state index contributed by atoms with van der Waals surface area (Å²) in [5.41, 5.74) is 0.891. The van der Waals surface area contributed by atoms with Gasteiger partial charge in [0.15, 0.2) is 0 Å². The van der Waals surface area contributed by atoms with Gasteiger partial charge >= 0.3 is 0 Å². The molecule has 2 aromatic rings. The zero-order valence-corrected chi connectivity index (χ0v) is 14.8. The Morgan fingerprint density at radius 3 is 2.59 bits per heavy atom. The summed E-state index contributed by atoms with van der Waals surface area (Å²) in [5, 5.41) is 3.40. The van der Waals surface area contributed by atoms with E-state index in [1.165, 1.54) is 0 Å². The molecule has 0 spiro atoms. The molecule has 0 fully saturated rings. The van der Waals surface area contributed by atoms with Gasteiger partial charge < -0.3 is 5.32 Å². The van der Waals surface area contributed by atoms with Gasteiger partial charge in [-0.1, -0.05) is 23.2 Å². The molecule has 2 aromatic heterocycles. The highest BCUT2D eigenvalue weighted by Gasteiger charge is 2.09. The average molecular weight is 404 g/mol. The van der Waals surface area contributed by atoms with E-state index in [9.17, 15) is 4.79 Å². The number of hydrogen-bond donors (Lipinski definition) is 1. The number of pyridine rings is 2. The van der Waals surface area contributed by atoms with Crippen LogP contribution < -0.4 is 5.32 Å². The van der Waals surface area contributed by atoms with E-state index in [0.717, 1.165) is 10.0 Å². The third-order valence-electron chi connectivity index (χ3n) is 2.68. The van der Waals surface area contributed by atoms with Crippen LogP contribution >= 0.6 is 39.1 Å². The molecule has 0 aromatic carbocycles. The topological polar surface area (TPSA) is 58.1 Å². The number of nitrogens with one attached hydrogen (secondary N) is 1. The van der Waals surface area contributed by atoms with Crippen LogP contribution in [0.15, 0.2) is 34.9 Å². The Morgan fingerprint density at radius 1 is 1.32 bits per heavy atom. The van der Waals surface area contributed by atoms with Crippen molar-refractivity contribution < 1.29 is 4.79 Å². The second-order valence-corrected chi connectivity index (χ2v) is 6.39. The number of hydrogen-bond acceptors (Lipinski definition) is 4. The van der Waals surface area contributed by atoms with Gasteiger partial charge in [-0.2, -0.15) is 0 Å². The maximum atomic E-state index is 12.0. The van der Waals surface area contributed by atoms with E-state index in [4.69, 9.17) is 23.2 Å². The summed E-state index contributed by atoms with van der Waals surface area (Å²) in [6, 6.07) is 6.98. The van der Waals surface area contributed by atoms with Crippen LogP contribution in [0.1, 0.15) is 5.56 Å². The quantitative estimate of drug-likeness (QED) is 0.774. The second-order valence-electron chi connectivity index (χ2n) is 4.70. The van der Waals surface area contributed by atoms with Crippen molar-refractivity contribution in [2.45, 2.75) is 6.54 Å². The SMILES string of the molecule is CN(CC(=O)Nc1ccc(Br)cn1)Cc1cc(Cl)nc(Cl)c1. The van der Waals surface area contributed by atoms with Gasteiger partial charge in [0.1, 0.15) is 16.1 Å². The van der Waals surface area contributed by atoms with Crippen LogP contribution in [-0.2, 0) is 11.3 Å². The van der Waals surface area contributed by atoms with Crippen molar-refractivity contribution in [1.82, 2.24) is 14.9 Å². The number of carbonyl (C=O) groups excluding carboxylic acids is 1. The minimum absolute atomic E-state index is 0.149. The summed E-state index contributed by atoms with van der Waals surface area (Å²) < 4.78 is 0.856. The normalized spacial score (nSPS) is 10.8. The molecular formula is C14H13BrCl2N4O. The van der Waals surface area contributed by atoms with E-state index in [1.807, 2.05) is 18.0 Å². The monoisotopic (exact) mass is 402 g/mol. The first-order chi connectivity index (χ1) is 10.4. The van der Waals surface area contributed by atoms with Gasteiger partial charge in [-0.05, 0) is 52.8 Å². The summed E-state index contributed by atoms with van der Waals surface area (Å²) in [7, 11) is 1.83. The number of aromatic nitrogens is 2. The van der Waals surface area contributed by atoms with Crippen molar-refractivity contribution in [3.05, 3.63) is 50.8 Å². The van der Waals surface area contributed by atoms with E-state index in [0.29, 0.717) is 22.7 Å². The largest absolute Gasteiger partial charge is 0.310 e. The summed E-state index contributed by atoms with van der Waals surface area (Å²) in [6.07, 6.45) is 1.63. The molecular weight excluding hydrogens is 391 g/mol. The predicted octanol–water partition coefficient (Wildman–Crippen LogP) is 3.62. The number of rotatable bonds is 5. The van der Waals surface area contributed by atoms with Crippen molar-refractivity contribution in [3.8, 4) is 0 Å². The number of nitrogens with zero attached hydrogens (tertiary/aromatic N) is 3. The molecule has 0 saturated heterocycles. The van der Waals surface area contributed by atoms with Gasteiger partial charge in [0.25, 0.3) is 0 Å². The lowest BCUT2D eigenvalue weighted by Gasteiger charge is -2.16. The Kier molecular flexibility index (Phi) is 6.14. The van der Waals surface area contributed by atoms with E-state index in [1.54, 1.807) is 24.4 Å². The van der Waals surface area contributed by atoms with Crippen LogP contribution in [0.3, 0.4) is 0 Å². The van der Waals surface area contributed by atoms with Crippen molar-refractivity contribution in [2.24, 2.45) is 0 Å². The molecule has 0 atom stereocenters. The Hall–Kier alpha value is -1.21. The predicted molar refractivity (Wildman–Crippen MR) is 91.2 cm³/mol. The van der Waals surface area contributed by atoms with Crippen LogP contribution in [0.2, 0.25) is 10.3 Å². The van der Waals surface area contributed by atoms with Crippen LogP contribution in [0, 0.1) is 0 Å². The van der Waals surface area contributed by atoms with Crippen molar-refractivity contribution in [1.29, 1.82) is 0 Å². The first-order valence-electron chi connectivity index (χ1n) is 6.34. The summed E-state index contributed by atoms with van der Waals surface area (Å²) >= 11 is 15.0. The van der Waals surface area contributed by atoms with E-state index in [-0.39, 0.29) is 12.5 Å². The van der Waals surface area contributed by atoms with Gasteiger partial charge in [0.05, 0.1) is 6.54 Å². The number of halogens is 3. The van der Waals surface area contributed by atoms with Crippen molar-refractivity contribution in [3.63, 3.8) is 0 Å². The van der Waals surface area contributed by atoms with E-state index < -0.39 is 0 Å². The maximum Gasteiger partial charge on any atom is 0.239 e. The molecule has 0 radical (unpaired) electrons. The molecule has 5 nitrogen and oxygen atoms in total. The fourth-order valence-electron chi connectivity index (χ4n) is 1.85. The minimum atomic E-state index is -0.149. The Bertz CT molecular complexity index is 646. The van der Waals surface area contributed by atoms with Gasteiger partial charge in [0.2, 0.25) is 5.91 Å². The standard InChI is InChI=1S/C14H13BrCl2N4O/c1-21(7-9-4-11(16)19-12(17)5-9)8-14(22)20-13-3-2-10(15)6-18-13/h2-6H,7-8H2,1H3,(H,18,20,22). The molecule has 116 valence electrons. The van der Waals surface area contributed by atoms with Gasteiger partial charge in [-0.25, -0.2) is 9.97 Å². The van der Waals surface area contributed by atoms with Crippen LogP contribution in [0.25, 0.3) is 0 Å². The van der Waals surface area contributed by atoms with Gasteiger partial charge in [-0.15, -0.1) is 0 Å². The lowest BCUT2D eigenvalue weighted by molar-refractivity contribution is -0.117. The number of amides is 1. The molecule has 0 unspecified atom stereocenters. The highest BCUT2D eigenvalue weighted by molar-refractivity contribution is 9.10. The average Bonchev–Trinajstić information content (AvgIpc) is 2.39. The number of carbonyl (C=O) groups is 1. The third kappa shape index (κ3) is 5.53. The molecule has 0 aliphatic heterocycles. The molecule has 1 N–H and O–H groups in total. The Morgan fingerprint density at radius 2 is 2.00 bits per heavy atom. The van der Waals surface area contributed by atoms with Crippen molar-refractivity contribution >= 4 is 50.9 Å². The Balaban J connectivity index is 1.89. The van der Waals surface area contributed by atoms with Crippen LogP contribution in [0.4, 0.5) is 5.82 Å². The van der Waals surface area contributed by atoms with Gasteiger partial charge in [-0.3, -0.25) is 9.69 Å². The van der Waals surface area contributed by atoms with Crippen LogP contribution in [-0.4, -0.2) is 34.4 Å². The van der Waals surface area contributed by atoms with E-state index in [2.05, 4.69) is 31.2 Å². The van der Waals surface area contributed by atoms with Gasteiger partial charge in [0, 0.05) is 17.2 Å². The zero-order valence-electron chi connectivity index (χ0n) is 11.7. The molecule has 2 rings (SSSR count). The molecule has 22 heavy (non-hydrogen) atoms. The molecule has 0 bridgehead atoms. The molecule has 0 saturated carbocycles. The molecule has 1 amide bonds. The molecule has 8 heteroatoms. The highest BCUT2D eigenvalue weighted by Crippen LogP contribution is 2.16. The highest BCUT2D eigenvalue weighted by atomic mass is 79.9. The van der Waals surface area contributed by atoms with Crippen LogP contribution in [0.5, 0.6) is 0 Å². The fraction of sp³-hybridized carbons (Fsp3) is 0.214. The smallest absolute Gasteiger partial charge is 0.239 e. The molecule has 0 aliphatic rings. The van der Waals surface area contributed by atoms with Crippen molar-refractivity contribution in [2.75, 3.05) is 18.9 Å². The summed E-state index contributed by atoms with van der Waals surface area (Å²) in [6.45, 7) is 0.748. The second kappa shape index (κ2) is 7.87. The Labute approximate surface area is 146 Å². The number of likely N-dealkylation sites (N-methyl/N-ethyl adjacent to an activating group) is 1. The fourth-order valence-corrected chi connectivity index (χ4v) is 2.59. The summed E-state index contributed by atoms with van der Waals surface area (Å²) in [4.78, 5) is 21.8. The third-order valence-corrected chi connectivity index (χ3v) is 3.54. The van der Waals surface area contributed by atoms with E-state index >= 15 is 0 Å². The maximum absolute atomic E-state index is 12.0. The lowest BCUT2D eigenvalue weighted by Crippen LogP contribution is -2.30. The number of anilines is 1. The first-order valence-corrected chi connectivity index (χ1v) is 7.89. The first kappa shape index (κ1) is 17.1. The molecule has 0 aliphatic carbocycles.